The molecular weight excluding hydrogens is 256 g/mol. The Morgan fingerprint density at radius 1 is 1.06 bits per heavy atom. The first-order valence-electron chi connectivity index (χ1n) is 5.17. The molecule has 0 unspecified atom stereocenters. The van der Waals surface area contributed by atoms with E-state index in [1.165, 1.54) is 24.4 Å². The van der Waals surface area contributed by atoms with E-state index in [1.54, 1.807) is 30.3 Å². The molecule has 0 radical (unpaired) electrons. The Labute approximate surface area is 107 Å². The number of aromatic nitrogens is 1. The van der Waals surface area contributed by atoms with Crippen molar-refractivity contribution in [2.45, 2.75) is 10.3 Å². The van der Waals surface area contributed by atoms with E-state index in [4.69, 9.17) is 0 Å². The molecule has 0 saturated heterocycles. The van der Waals surface area contributed by atoms with Gasteiger partial charge in [-0.15, -0.1) is 0 Å². The molecule has 18 heavy (non-hydrogen) atoms. The molecule has 0 amide bonds. The van der Waals surface area contributed by atoms with Crippen LogP contribution in [0, 0.1) is 0 Å². The minimum Gasteiger partial charge on any atom is -0.286 e. The lowest BCUT2D eigenvalue weighted by atomic mass is 10.1. The second-order valence-electron chi connectivity index (χ2n) is 3.48. The smallest absolute Gasteiger partial charge is 0.286 e. The molecule has 0 aliphatic heterocycles. The highest BCUT2D eigenvalue weighted by Crippen LogP contribution is 2.37. The summed E-state index contributed by atoms with van der Waals surface area (Å²) in [7, 11) is 0. The van der Waals surface area contributed by atoms with Crippen LogP contribution in [0.2, 0.25) is 0 Å². The summed E-state index contributed by atoms with van der Waals surface area (Å²) in [4.78, 5) is 15.4. The van der Waals surface area contributed by atoms with E-state index in [0.717, 1.165) is 0 Å². The largest absolute Gasteiger partial charge is 0.361 e. The molecule has 0 saturated carbocycles. The lowest BCUT2D eigenvalue weighted by Gasteiger charge is -2.13. The highest BCUT2D eigenvalue weighted by atomic mass is 32.2. The number of thioether (sulfide) groups is 1. The topological polar surface area (TPSA) is 30.0 Å². The Kier molecular flexibility index (Phi) is 3.72. The van der Waals surface area contributed by atoms with E-state index < -0.39 is 11.0 Å². The van der Waals surface area contributed by atoms with Crippen LogP contribution in [0.1, 0.15) is 10.4 Å². The number of carbonyl (C=O) groups excluding carboxylic acids is 1. The van der Waals surface area contributed by atoms with Gasteiger partial charge in [-0.2, -0.15) is 8.78 Å². The molecule has 0 bridgehead atoms. The van der Waals surface area contributed by atoms with Crippen LogP contribution >= 0.6 is 11.8 Å². The van der Waals surface area contributed by atoms with Crippen LogP contribution in [0.4, 0.5) is 8.78 Å². The number of carbonyl (C=O) groups is 1. The molecule has 2 nitrogen and oxygen atoms in total. The Balaban J connectivity index is 2.19. The highest BCUT2D eigenvalue weighted by molar-refractivity contribution is 8.01. The minimum absolute atomic E-state index is 0.00840. The summed E-state index contributed by atoms with van der Waals surface area (Å²) in [6.45, 7) is 0. The van der Waals surface area contributed by atoms with Crippen LogP contribution in [0.5, 0.6) is 0 Å². The fraction of sp³-hybridized carbons (Fsp3) is 0.0769. The lowest BCUT2D eigenvalue weighted by Crippen LogP contribution is -2.24. The van der Waals surface area contributed by atoms with Crippen LogP contribution in [0.15, 0.2) is 59.8 Å². The van der Waals surface area contributed by atoms with Gasteiger partial charge >= 0.3 is 5.25 Å². The van der Waals surface area contributed by atoms with Crippen LogP contribution in [-0.2, 0) is 0 Å². The number of pyridine rings is 1. The number of ketones is 1. The second kappa shape index (κ2) is 5.27. The van der Waals surface area contributed by atoms with Gasteiger partial charge in [0.15, 0.2) is 0 Å². The van der Waals surface area contributed by atoms with E-state index in [2.05, 4.69) is 4.98 Å². The summed E-state index contributed by atoms with van der Waals surface area (Å²) in [6.07, 6.45) is 1.41. The molecule has 2 rings (SSSR count). The number of alkyl halides is 2. The molecule has 0 aliphatic rings. The Morgan fingerprint density at radius 3 is 2.33 bits per heavy atom. The molecule has 1 aromatic heterocycles. The summed E-state index contributed by atoms with van der Waals surface area (Å²) in [5.41, 5.74) is -0.00840. The SMILES string of the molecule is O=C(c1ccccc1)C(F)(F)Sc1ccccn1. The number of halogens is 2. The Hall–Kier alpha value is -1.75. The molecule has 0 fully saturated rings. The fourth-order valence-corrected chi connectivity index (χ4v) is 2.08. The minimum atomic E-state index is -3.52. The molecule has 1 heterocycles. The zero-order chi connectivity index (χ0) is 13.0. The third-order valence-corrected chi connectivity index (χ3v) is 3.06. The number of benzene rings is 1. The van der Waals surface area contributed by atoms with Gasteiger partial charge in [-0.3, -0.25) is 4.79 Å². The van der Waals surface area contributed by atoms with Gasteiger partial charge in [0.1, 0.15) is 5.03 Å². The number of Topliss-reactive ketones (excluding diaryl/α,β-unsaturated/α-hetero) is 1. The quantitative estimate of drug-likeness (QED) is 0.624. The van der Waals surface area contributed by atoms with Gasteiger partial charge in [-0.1, -0.05) is 36.4 Å². The summed E-state index contributed by atoms with van der Waals surface area (Å²) in [5.74, 6) is -1.21. The van der Waals surface area contributed by atoms with Crippen molar-refractivity contribution < 1.29 is 13.6 Å². The van der Waals surface area contributed by atoms with Crippen molar-refractivity contribution in [2.75, 3.05) is 0 Å². The number of hydrogen-bond acceptors (Lipinski definition) is 3. The summed E-state index contributed by atoms with van der Waals surface area (Å²) < 4.78 is 27.5. The average Bonchev–Trinajstić information content (AvgIpc) is 2.39. The summed E-state index contributed by atoms with van der Waals surface area (Å²) in [6, 6.07) is 12.2. The molecule has 2 aromatic rings. The number of nitrogens with zero attached hydrogens (tertiary/aromatic N) is 1. The van der Waals surface area contributed by atoms with Gasteiger partial charge in [-0.25, -0.2) is 4.98 Å². The first-order chi connectivity index (χ1) is 8.59. The monoisotopic (exact) mass is 265 g/mol. The van der Waals surface area contributed by atoms with Gasteiger partial charge in [0.2, 0.25) is 5.78 Å². The van der Waals surface area contributed by atoms with E-state index in [0.29, 0.717) is 0 Å². The molecule has 0 spiro atoms. The fourth-order valence-electron chi connectivity index (χ4n) is 1.34. The Bertz CT molecular complexity index is 531. The maximum Gasteiger partial charge on any atom is 0.361 e. The lowest BCUT2D eigenvalue weighted by molar-refractivity contribution is 0.0566. The van der Waals surface area contributed by atoms with Crippen molar-refractivity contribution in [1.82, 2.24) is 4.98 Å². The van der Waals surface area contributed by atoms with Crippen molar-refractivity contribution in [3.8, 4) is 0 Å². The average molecular weight is 265 g/mol. The third-order valence-electron chi connectivity index (χ3n) is 2.17. The number of rotatable bonds is 4. The van der Waals surface area contributed by atoms with Crippen molar-refractivity contribution in [3.63, 3.8) is 0 Å². The van der Waals surface area contributed by atoms with Gasteiger partial charge in [0, 0.05) is 11.8 Å². The first kappa shape index (κ1) is 12.7. The van der Waals surface area contributed by atoms with E-state index >= 15 is 0 Å². The van der Waals surface area contributed by atoms with E-state index in [9.17, 15) is 13.6 Å². The van der Waals surface area contributed by atoms with Crippen molar-refractivity contribution in [2.24, 2.45) is 0 Å². The molecule has 0 aliphatic carbocycles. The van der Waals surface area contributed by atoms with E-state index in [1.807, 2.05) is 0 Å². The van der Waals surface area contributed by atoms with Crippen LogP contribution in [-0.4, -0.2) is 16.0 Å². The van der Waals surface area contributed by atoms with Crippen LogP contribution < -0.4 is 0 Å². The maximum atomic E-state index is 13.8. The number of hydrogen-bond donors (Lipinski definition) is 0. The summed E-state index contributed by atoms with van der Waals surface area (Å²) in [5, 5.41) is -3.40. The molecule has 0 N–H and O–H groups in total. The van der Waals surface area contributed by atoms with Crippen molar-refractivity contribution in [1.29, 1.82) is 0 Å². The molecule has 1 aromatic carbocycles. The van der Waals surface area contributed by atoms with Gasteiger partial charge in [0.05, 0.1) is 0 Å². The zero-order valence-electron chi connectivity index (χ0n) is 9.22. The van der Waals surface area contributed by atoms with E-state index in [-0.39, 0.29) is 22.4 Å². The summed E-state index contributed by atoms with van der Waals surface area (Å²) >= 11 is 0.155. The predicted molar refractivity (Wildman–Crippen MR) is 65.8 cm³/mol. The highest BCUT2D eigenvalue weighted by Gasteiger charge is 2.40. The van der Waals surface area contributed by atoms with Gasteiger partial charge in [-0.05, 0) is 23.9 Å². The van der Waals surface area contributed by atoms with Crippen molar-refractivity contribution in [3.05, 3.63) is 60.3 Å². The normalized spacial score (nSPS) is 11.2. The van der Waals surface area contributed by atoms with Crippen LogP contribution in [0.3, 0.4) is 0 Å². The molecular formula is C13H9F2NOS. The van der Waals surface area contributed by atoms with Crippen molar-refractivity contribution >= 4 is 17.5 Å². The standard InChI is InChI=1S/C13H9F2NOS/c14-13(15,18-11-8-4-5-9-16-11)12(17)10-6-2-1-3-7-10/h1-9H. The molecule has 0 atom stereocenters. The van der Waals surface area contributed by atoms with Gasteiger partial charge < -0.3 is 0 Å². The third kappa shape index (κ3) is 2.92. The second-order valence-corrected chi connectivity index (χ2v) is 4.62. The molecule has 5 heteroatoms. The zero-order valence-corrected chi connectivity index (χ0v) is 10.0. The molecule has 92 valence electrons. The maximum absolute atomic E-state index is 13.8. The first-order valence-corrected chi connectivity index (χ1v) is 5.99. The predicted octanol–water partition coefficient (Wildman–Crippen LogP) is 3.65. The Morgan fingerprint density at radius 2 is 1.72 bits per heavy atom. The van der Waals surface area contributed by atoms with Crippen LogP contribution in [0.25, 0.3) is 0 Å². The van der Waals surface area contributed by atoms with Gasteiger partial charge in [0.25, 0.3) is 0 Å².